The molecule has 0 spiro atoms. The number of carbonyl (C=O) groups is 2. The van der Waals surface area contributed by atoms with Crippen LogP contribution in [0.4, 0.5) is 5.69 Å². The highest BCUT2D eigenvalue weighted by molar-refractivity contribution is 7.89. The first-order valence-electron chi connectivity index (χ1n) is 9.22. The van der Waals surface area contributed by atoms with Crippen molar-refractivity contribution in [2.75, 3.05) is 18.4 Å². The molecule has 0 aromatic heterocycles. The van der Waals surface area contributed by atoms with Crippen molar-refractivity contribution in [3.05, 3.63) is 60.2 Å². The number of ether oxygens (including phenoxy) is 1. The number of hydrogen-bond donors (Lipinski definition) is 1. The molecule has 2 aromatic carbocycles. The van der Waals surface area contributed by atoms with Crippen LogP contribution in [0, 0.1) is 0 Å². The molecule has 152 valence electrons. The highest BCUT2D eigenvalue weighted by Crippen LogP contribution is 2.22. The highest BCUT2D eigenvalue weighted by atomic mass is 32.2. The Morgan fingerprint density at radius 3 is 2.21 bits per heavy atom. The minimum absolute atomic E-state index is 0.223. The van der Waals surface area contributed by atoms with E-state index in [4.69, 9.17) is 4.74 Å². The summed E-state index contributed by atoms with van der Waals surface area (Å²) in [6, 6.07) is 12.9. The number of amides is 1. The second-order valence-corrected chi connectivity index (χ2v) is 8.56. The molecule has 0 atom stereocenters. The first-order valence-corrected chi connectivity index (χ1v) is 10.7. The molecule has 8 heteroatoms. The topological polar surface area (TPSA) is 92.8 Å². The van der Waals surface area contributed by atoms with Gasteiger partial charge in [0.05, 0.1) is 4.90 Å². The fourth-order valence-electron chi connectivity index (χ4n) is 2.96. The molecule has 0 unspecified atom stereocenters. The average molecular weight is 414 g/mol. The fourth-order valence-corrected chi connectivity index (χ4v) is 4.47. The Bertz CT molecular complexity index is 1010. The first-order chi connectivity index (χ1) is 13.8. The van der Waals surface area contributed by atoms with Crippen molar-refractivity contribution in [1.82, 2.24) is 4.31 Å². The number of nitrogens with one attached hydrogen (secondary N) is 1. The summed E-state index contributed by atoms with van der Waals surface area (Å²) in [5, 5.41) is 2.69. The van der Waals surface area contributed by atoms with E-state index in [9.17, 15) is 18.0 Å². The van der Waals surface area contributed by atoms with Gasteiger partial charge in [0.15, 0.2) is 0 Å². The number of nitrogens with zero attached hydrogens (tertiary/aromatic N) is 1. The fraction of sp³-hybridized carbons (Fsp3) is 0.238. The van der Waals surface area contributed by atoms with Crippen LogP contribution < -0.4 is 10.1 Å². The summed E-state index contributed by atoms with van der Waals surface area (Å²) in [5.41, 5.74) is 1.27. The van der Waals surface area contributed by atoms with Crippen LogP contribution in [-0.2, 0) is 19.6 Å². The van der Waals surface area contributed by atoms with Crippen molar-refractivity contribution in [2.24, 2.45) is 0 Å². The summed E-state index contributed by atoms with van der Waals surface area (Å²) in [7, 11) is -3.47. The van der Waals surface area contributed by atoms with Crippen molar-refractivity contribution < 1.29 is 22.7 Å². The van der Waals surface area contributed by atoms with Crippen LogP contribution in [0.1, 0.15) is 25.3 Å². The average Bonchev–Trinajstić information content (AvgIpc) is 3.23. The van der Waals surface area contributed by atoms with Crippen molar-refractivity contribution in [3.63, 3.8) is 0 Å². The lowest BCUT2D eigenvalue weighted by Crippen LogP contribution is -2.27. The van der Waals surface area contributed by atoms with Crippen molar-refractivity contribution in [2.45, 2.75) is 24.7 Å². The van der Waals surface area contributed by atoms with E-state index in [-0.39, 0.29) is 10.8 Å². The maximum Gasteiger partial charge on any atom is 0.308 e. The summed E-state index contributed by atoms with van der Waals surface area (Å²) in [6.45, 7) is 2.42. The highest BCUT2D eigenvalue weighted by Gasteiger charge is 2.26. The third kappa shape index (κ3) is 5.52. The summed E-state index contributed by atoms with van der Waals surface area (Å²) in [6.07, 6.45) is 4.76. The van der Waals surface area contributed by atoms with Crippen LogP contribution in [-0.4, -0.2) is 37.7 Å². The van der Waals surface area contributed by atoms with Crippen molar-refractivity contribution in [3.8, 4) is 5.75 Å². The van der Waals surface area contributed by atoms with Crippen LogP contribution in [0.5, 0.6) is 5.75 Å². The van der Waals surface area contributed by atoms with Crippen LogP contribution in [0.25, 0.3) is 6.08 Å². The van der Waals surface area contributed by atoms with Gasteiger partial charge in [-0.2, -0.15) is 4.31 Å². The molecule has 1 saturated heterocycles. The summed E-state index contributed by atoms with van der Waals surface area (Å²) >= 11 is 0. The Labute approximate surface area is 170 Å². The lowest BCUT2D eigenvalue weighted by atomic mass is 10.2. The second kappa shape index (κ2) is 9.02. The van der Waals surface area contributed by atoms with Crippen molar-refractivity contribution >= 4 is 33.7 Å². The predicted octanol–water partition coefficient (Wildman–Crippen LogP) is 3.05. The van der Waals surface area contributed by atoms with Gasteiger partial charge in [-0.25, -0.2) is 8.42 Å². The molecule has 0 radical (unpaired) electrons. The Kier molecular flexibility index (Phi) is 6.46. The van der Waals surface area contributed by atoms with Gasteiger partial charge in [0.2, 0.25) is 15.9 Å². The zero-order valence-corrected chi connectivity index (χ0v) is 16.8. The van der Waals surface area contributed by atoms with Gasteiger partial charge in [0, 0.05) is 31.8 Å². The third-order valence-electron chi connectivity index (χ3n) is 4.39. The monoisotopic (exact) mass is 414 g/mol. The van der Waals surface area contributed by atoms with Gasteiger partial charge < -0.3 is 10.1 Å². The molecule has 2 aromatic rings. The molecule has 1 aliphatic heterocycles. The van der Waals surface area contributed by atoms with Crippen LogP contribution in [0.2, 0.25) is 0 Å². The maximum atomic E-state index is 12.5. The van der Waals surface area contributed by atoms with Gasteiger partial charge in [-0.05, 0) is 60.9 Å². The standard InChI is InChI=1S/C21H22N2O5S/c1-16(24)28-19-9-4-17(5-10-19)6-13-21(25)22-18-7-11-20(12-8-18)29(26,27)23-14-2-3-15-23/h4-13H,2-3,14-15H2,1H3,(H,22,25). The van der Waals surface area contributed by atoms with E-state index < -0.39 is 16.0 Å². The van der Waals surface area contributed by atoms with Gasteiger partial charge in [-0.15, -0.1) is 0 Å². The molecule has 0 aliphatic carbocycles. The largest absolute Gasteiger partial charge is 0.427 e. The summed E-state index contributed by atoms with van der Waals surface area (Å²) in [4.78, 5) is 23.2. The van der Waals surface area contributed by atoms with Crippen LogP contribution in [0.3, 0.4) is 0 Å². The van der Waals surface area contributed by atoms with E-state index in [1.807, 2.05) is 0 Å². The molecule has 3 rings (SSSR count). The van der Waals surface area contributed by atoms with Gasteiger partial charge in [-0.1, -0.05) is 12.1 Å². The number of sulfonamides is 1. The normalized spacial score (nSPS) is 14.8. The number of esters is 1. The van der Waals surface area contributed by atoms with Crippen LogP contribution in [0.15, 0.2) is 59.5 Å². The smallest absolute Gasteiger partial charge is 0.308 e. The molecule has 1 fully saturated rings. The van der Waals surface area contributed by atoms with E-state index in [1.54, 1.807) is 42.5 Å². The second-order valence-electron chi connectivity index (χ2n) is 6.62. The SMILES string of the molecule is CC(=O)Oc1ccc(C=CC(=O)Nc2ccc(S(=O)(=O)N3CCCC3)cc2)cc1. The zero-order valence-electron chi connectivity index (χ0n) is 16.0. The maximum absolute atomic E-state index is 12.5. The number of anilines is 1. The molecule has 1 aliphatic rings. The molecule has 0 bridgehead atoms. The van der Waals surface area contributed by atoms with E-state index in [1.165, 1.54) is 29.4 Å². The summed E-state index contributed by atoms with van der Waals surface area (Å²) in [5.74, 6) is -0.306. The molecule has 0 saturated carbocycles. The molecule has 29 heavy (non-hydrogen) atoms. The number of hydrogen-bond acceptors (Lipinski definition) is 5. The van der Waals surface area contributed by atoms with E-state index in [0.717, 1.165) is 18.4 Å². The Hall–Kier alpha value is -2.97. The molecule has 1 heterocycles. The minimum Gasteiger partial charge on any atom is -0.427 e. The van der Waals surface area contributed by atoms with E-state index in [2.05, 4.69) is 5.32 Å². The molecular weight excluding hydrogens is 392 g/mol. The summed E-state index contributed by atoms with van der Waals surface area (Å²) < 4.78 is 31.5. The van der Waals surface area contributed by atoms with E-state index >= 15 is 0 Å². The minimum atomic E-state index is -3.47. The van der Waals surface area contributed by atoms with Gasteiger partial charge in [0.25, 0.3) is 0 Å². The molecular formula is C21H22N2O5S. The van der Waals surface area contributed by atoms with Crippen molar-refractivity contribution in [1.29, 1.82) is 0 Å². The lowest BCUT2D eigenvalue weighted by molar-refractivity contribution is -0.131. The van der Waals surface area contributed by atoms with Crippen LogP contribution >= 0.6 is 0 Å². The number of carbonyl (C=O) groups excluding carboxylic acids is 2. The Balaban J connectivity index is 1.59. The molecule has 1 N–H and O–H groups in total. The van der Waals surface area contributed by atoms with Gasteiger partial charge in [0.1, 0.15) is 5.75 Å². The third-order valence-corrected chi connectivity index (χ3v) is 6.31. The number of rotatable bonds is 6. The molecule has 7 nitrogen and oxygen atoms in total. The van der Waals surface area contributed by atoms with Gasteiger partial charge in [-0.3, -0.25) is 9.59 Å². The quantitative estimate of drug-likeness (QED) is 0.446. The van der Waals surface area contributed by atoms with Gasteiger partial charge >= 0.3 is 5.97 Å². The first kappa shape index (κ1) is 20.8. The molecule has 1 amide bonds. The Morgan fingerprint density at radius 1 is 1.00 bits per heavy atom. The van der Waals surface area contributed by atoms with E-state index in [0.29, 0.717) is 24.5 Å². The zero-order chi connectivity index (χ0) is 20.9. The lowest BCUT2D eigenvalue weighted by Gasteiger charge is -2.15. The predicted molar refractivity (Wildman–Crippen MR) is 110 cm³/mol. The number of benzene rings is 2. The Morgan fingerprint density at radius 2 is 1.62 bits per heavy atom.